The number of carbonyl (C=O) groups is 1. The van der Waals surface area contributed by atoms with Crippen LogP contribution in [0, 0.1) is 27.7 Å². The maximum Gasteiger partial charge on any atom is 0.258 e. The lowest BCUT2D eigenvalue weighted by molar-refractivity contribution is 0.0752. The third kappa shape index (κ3) is 2.63. The van der Waals surface area contributed by atoms with Gasteiger partial charge < -0.3 is 4.90 Å². The molecule has 4 rings (SSSR count). The fourth-order valence-electron chi connectivity index (χ4n) is 3.68. The van der Waals surface area contributed by atoms with Gasteiger partial charge in [-0.2, -0.15) is 0 Å². The van der Waals surface area contributed by atoms with Gasteiger partial charge in [0.2, 0.25) is 0 Å². The SMILES string of the molecule is Cc1cc(C(=O)N2Cc3nc(C)n(C)c(=O)c3C2)c2ccc(C)c(C)c2n1. The van der Waals surface area contributed by atoms with Gasteiger partial charge in [-0.15, -0.1) is 0 Å². The van der Waals surface area contributed by atoms with Crippen LogP contribution in [0.25, 0.3) is 10.9 Å². The molecular weight excluding hydrogens is 340 g/mol. The standard InChI is InChI=1S/C21H22N4O2/c1-11-6-7-15-16(8-12(2)22-19(15)13(11)3)21(27)25-9-17-18(10-25)23-14(4)24(5)20(17)26/h6-8H,9-10H2,1-5H3. The van der Waals surface area contributed by atoms with E-state index in [2.05, 4.69) is 9.97 Å². The molecule has 2 aromatic heterocycles. The molecule has 0 saturated carbocycles. The van der Waals surface area contributed by atoms with Gasteiger partial charge in [0.25, 0.3) is 11.5 Å². The van der Waals surface area contributed by atoms with E-state index in [9.17, 15) is 9.59 Å². The van der Waals surface area contributed by atoms with Crippen LogP contribution >= 0.6 is 0 Å². The third-order valence-electron chi connectivity index (χ3n) is 5.53. The van der Waals surface area contributed by atoms with Crippen LogP contribution in [0.5, 0.6) is 0 Å². The Morgan fingerprint density at radius 1 is 1.07 bits per heavy atom. The van der Waals surface area contributed by atoms with Crippen LogP contribution in [0.15, 0.2) is 23.0 Å². The Hall–Kier alpha value is -3.02. The number of pyridine rings is 1. The molecule has 0 bridgehead atoms. The number of hydrogen-bond acceptors (Lipinski definition) is 4. The van der Waals surface area contributed by atoms with Gasteiger partial charge in [-0.3, -0.25) is 19.1 Å². The Morgan fingerprint density at radius 2 is 1.81 bits per heavy atom. The number of carbonyl (C=O) groups excluding carboxylic acids is 1. The van der Waals surface area contributed by atoms with Crippen molar-refractivity contribution in [3.05, 3.63) is 68.0 Å². The van der Waals surface area contributed by atoms with Crippen molar-refractivity contribution in [1.29, 1.82) is 0 Å². The van der Waals surface area contributed by atoms with Gasteiger partial charge in [0.15, 0.2) is 0 Å². The minimum absolute atomic E-state index is 0.0740. The van der Waals surface area contributed by atoms with Crippen LogP contribution in [-0.4, -0.2) is 25.3 Å². The molecule has 1 amide bonds. The summed E-state index contributed by atoms with van der Waals surface area (Å²) in [5.41, 5.74) is 5.76. The van der Waals surface area contributed by atoms with E-state index >= 15 is 0 Å². The molecule has 0 unspecified atom stereocenters. The number of hydrogen-bond donors (Lipinski definition) is 0. The van der Waals surface area contributed by atoms with Crippen LogP contribution < -0.4 is 5.56 Å². The average molecular weight is 362 g/mol. The van der Waals surface area contributed by atoms with E-state index in [0.717, 1.165) is 27.7 Å². The van der Waals surface area contributed by atoms with E-state index in [1.807, 2.05) is 39.0 Å². The van der Waals surface area contributed by atoms with Crippen LogP contribution in [0.4, 0.5) is 0 Å². The van der Waals surface area contributed by atoms with Crippen LogP contribution in [0.3, 0.4) is 0 Å². The molecular formula is C21H22N4O2. The molecule has 1 aliphatic rings. The Balaban J connectivity index is 1.80. The fourth-order valence-corrected chi connectivity index (χ4v) is 3.68. The van der Waals surface area contributed by atoms with Crippen molar-refractivity contribution in [2.45, 2.75) is 40.8 Å². The number of nitrogens with zero attached hydrogens (tertiary/aromatic N) is 4. The number of amides is 1. The fraction of sp³-hybridized carbons (Fsp3) is 0.333. The monoisotopic (exact) mass is 362 g/mol. The molecule has 1 aliphatic heterocycles. The second-order valence-electron chi connectivity index (χ2n) is 7.32. The van der Waals surface area contributed by atoms with E-state index in [4.69, 9.17) is 0 Å². The van der Waals surface area contributed by atoms with Crippen molar-refractivity contribution in [1.82, 2.24) is 19.4 Å². The number of aryl methyl sites for hydroxylation is 4. The minimum atomic E-state index is -0.0912. The molecule has 0 fully saturated rings. The highest BCUT2D eigenvalue weighted by Crippen LogP contribution is 2.27. The van der Waals surface area contributed by atoms with Crippen molar-refractivity contribution in [2.24, 2.45) is 7.05 Å². The zero-order chi connectivity index (χ0) is 19.5. The highest BCUT2D eigenvalue weighted by molar-refractivity contribution is 6.07. The maximum absolute atomic E-state index is 13.3. The number of aromatic nitrogens is 3. The van der Waals surface area contributed by atoms with Crippen molar-refractivity contribution < 1.29 is 4.79 Å². The molecule has 0 spiro atoms. The normalized spacial score (nSPS) is 13.3. The number of benzene rings is 1. The number of fused-ring (bicyclic) bond motifs is 2. The van der Waals surface area contributed by atoms with E-state index in [-0.39, 0.29) is 11.5 Å². The largest absolute Gasteiger partial charge is 0.328 e. The Kier molecular flexibility index (Phi) is 3.87. The quantitative estimate of drug-likeness (QED) is 0.667. The molecule has 1 aromatic carbocycles. The summed E-state index contributed by atoms with van der Waals surface area (Å²) in [5.74, 6) is 0.566. The van der Waals surface area contributed by atoms with Gasteiger partial charge in [-0.05, 0) is 44.9 Å². The van der Waals surface area contributed by atoms with E-state index in [1.165, 1.54) is 4.57 Å². The van der Waals surface area contributed by atoms with Gasteiger partial charge in [0.1, 0.15) is 5.82 Å². The molecule has 138 valence electrons. The molecule has 27 heavy (non-hydrogen) atoms. The van der Waals surface area contributed by atoms with Crippen molar-refractivity contribution in [3.8, 4) is 0 Å². The molecule has 3 aromatic rings. The van der Waals surface area contributed by atoms with Gasteiger partial charge in [0, 0.05) is 18.1 Å². The predicted octanol–water partition coefficient (Wildman–Crippen LogP) is 2.72. The summed E-state index contributed by atoms with van der Waals surface area (Å²) >= 11 is 0. The van der Waals surface area contributed by atoms with Crippen molar-refractivity contribution in [3.63, 3.8) is 0 Å². The third-order valence-corrected chi connectivity index (χ3v) is 5.53. The Bertz CT molecular complexity index is 1180. The van der Waals surface area contributed by atoms with Crippen LogP contribution in [0.1, 0.15) is 44.3 Å². The first-order valence-corrected chi connectivity index (χ1v) is 9.00. The van der Waals surface area contributed by atoms with E-state index in [1.54, 1.807) is 18.9 Å². The Labute approximate surface area is 157 Å². The van der Waals surface area contributed by atoms with Gasteiger partial charge >= 0.3 is 0 Å². The summed E-state index contributed by atoms with van der Waals surface area (Å²) in [6.07, 6.45) is 0. The highest BCUT2D eigenvalue weighted by Gasteiger charge is 2.29. The van der Waals surface area contributed by atoms with Crippen molar-refractivity contribution in [2.75, 3.05) is 0 Å². The highest BCUT2D eigenvalue weighted by atomic mass is 16.2. The minimum Gasteiger partial charge on any atom is -0.328 e. The first-order valence-electron chi connectivity index (χ1n) is 9.00. The molecule has 0 saturated heterocycles. The zero-order valence-corrected chi connectivity index (χ0v) is 16.3. The summed E-state index contributed by atoms with van der Waals surface area (Å²) in [5, 5.41) is 0.849. The van der Waals surface area contributed by atoms with Gasteiger partial charge in [-0.25, -0.2) is 4.98 Å². The predicted molar refractivity (Wildman–Crippen MR) is 104 cm³/mol. The summed E-state index contributed by atoms with van der Waals surface area (Å²) in [6, 6.07) is 5.81. The molecule has 3 heterocycles. The van der Waals surface area contributed by atoms with E-state index in [0.29, 0.717) is 35.7 Å². The average Bonchev–Trinajstić information content (AvgIpc) is 3.06. The lowest BCUT2D eigenvalue weighted by Gasteiger charge is -2.17. The van der Waals surface area contributed by atoms with Crippen LogP contribution in [-0.2, 0) is 20.1 Å². The lowest BCUT2D eigenvalue weighted by Crippen LogP contribution is -2.28. The summed E-state index contributed by atoms with van der Waals surface area (Å²) in [7, 11) is 1.71. The van der Waals surface area contributed by atoms with Gasteiger partial charge in [-0.1, -0.05) is 12.1 Å². The van der Waals surface area contributed by atoms with Crippen LogP contribution in [0.2, 0.25) is 0 Å². The zero-order valence-electron chi connectivity index (χ0n) is 16.3. The van der Waals surface area contributed by atoms with E-state index < -0.39 is 0 Å². The molecule has 0 aliphatic carbocycles. The summed E-state index contributed by atoms with van der Waals surface area (Å²) in [4.78, 5) is 36.7. The summed E-state index contributed by atoms with van der Waals surface area (Å²) in [6.45, 7) is 8.43. The Morgan fingerprint density at radius 3 is 2.56 bits per heavy atom. The first-order chi connectivity index (χ1) is 12.8. The summed E-state index contributed by atoms with van der Waals surface area (Å²) < 4.78 is 1.53. The number of rotatable bonds is 1. The first kappa shape index (κ1) is 17.4. The maximum atomic E-state index is 13.3. The second kappa shape index (κ2) is 6.01. The second-order valence-corrected chi connectivity index (χ2v) is 7.32. The lowest BCUT2D eigenvalue weighted by atomic mass is 10.0. The van der Waals surface area contributed by atoms with Crippen molar-refractivity contribution >= 4 is 16.8 Å². The topological polar surface area (TPSA) is 68.1 Å². The molecule has 0 atom stereocenters. The van der Waals surface area contributed by atoms with Gasteiger partial charge in [0.05, 0.1) is 35.4 Å². The molecule has 6 nitrogen and oxygen atoms in total. The molecule has 6 heteroatoms. The molecule has 0 N–H and O–H groups in total. The molecule has 0 radical (unpaired) electrons. The smallest absolute Gasteiger partial charge is 0.258 e.